The molecule has 0 bridgehead atoms. The number of anilines is 3. The number of benzene rings is 3. The summed E-state index contributed by atoms with van der Waals surface area (Å²) in [5.74, 6) is -0.00233. The molecule has 0 saturated carbocycles. The van der Waals surface area contributed by atoms with Gasteiger partial charge in [0.15, 0.2) is 5.58 Å². The van der Waals surface area contributed by atoms with E-state index in [0.717, 1.165) is 22.5 Å². The molecule has 0 aliphatic carbocycles. The Morgan fingerprint density at radius 2 is 1.69 bits per heavy atom. The lowest BCUT2D eigenvalue weighted by atomic mass is 10.1. The van der Waals surface area contributed by atoms with Gasteiger partial charge in [0.05, 0.1) is 18.6 Å². The molecule has 2 aromatic heterocycles. The Morgan fingerprint density at radius 3 is 2.39 bits per heavy atom. The Hall–Kier alpha value is -4.37. The van der Waals surface area contributed by atoms with Crippen molar-refractivity contribution >= 4 is 28.4 Å². The summed E-state index contributed by atoms with van der Waals surface area (Å²) in [6, 6.07) is 22.3. The zero-order valence-corrected chi connectivity index (χ0v) is 19.0. The first-order valence-corrected chi connectivity index (χ1v) is 11.0. The molecule has 9 heteroatoms. The number of aliphatic hydroxyl groups excluding tert-OH is 1. The molecule has 0 amide bonds. The molecular formula is C27H20F3N3O3. The molecule has 0 aliphatic rings. The van der Waals surface area contributed by atoms with Gasteiger partial charge in [0.2, 0.25) is 5.95 Å². The Bertz CT molecular complexity index is 1500. The second-order valence-electron chi connectivity index (χ2n) is 8.03. The van der Waals surface area contributed by atoms with E-state index >= 15 is 0 Å². The van der Waals surface area contributed by atoms with Crippen molar-refractivity contribution in [1.29, 1.82) is 0 Å². The van der Waals surface area contributed by atoms with Crippen LogP contribution in [-0.2, 0) is 6.61 Å². The zero-order valence-electron chi connectivity index (χ0n) is 19.0. The number of halogens is 3. The van der Waals surface area contributed by atoms with Gasteiger partial charge in [-0.25, -0.2) is 9.97 Å². The molecule has 0 aliphatic heterocycles. The maximum Gasteiger partial charge on any atom is 0.573 e. The number of aliphatic hydroxyl groups is 1. The average molecular weight is 491 g/mol. The van der Waals surface area contributed by atoms with E-state index in [9.17, 15) is 18.3 Å². The van der Waals surface area contributed by atoms with Crippen LogP contribution in [0.2, 0.25) is 0 Å². The van der Waals surface area contributed by atoms with Crippen molar-refractivity contribution in [3.8, 4) is 17.0 Å². The number of aromatic nitrogens is 2. The predicted octanol–water partition coefficient (Wildman–Crippen LogP) is 7.06. The van der Waals surface area contributed by atoms with Crippen LogP contribution in [0.15, 0.2) is 89.5 Å². The molecule has 0 spiro atoms. The highest BCUT2D eigenvalue weighted by atomic mass is 19.4. The Morgan fingerprint density at radius 1 is 0.944 bits per heavy atom. The fourth-order valence-electron chi connectivity index (χ4n) is 3.89. The summed E-state index contributed by atoms with van der Waals surface area (Å²) >= 11 is 0. The normalized spacial score (nSPS) is 11.6. The summed E-state index contributed by atoms with van der Waals surface area (Å²) in [6.45, 7) is 1.82. The van der Waals surface area contributed by atoms with Gasteiger partial charge >= 0.3 is 6.36 Å². The molecule has 5 aromatic rings. The lowest BCUT2D eigenvalue weighted by Crippen LogP contribution is -2.17. The molecule has 1 N–H and O–H groups in total. The first-order valence-electron chi connectivity index (χ1n) is 11.0. The standard InChI is InChI=1S/C27H20F3N3O3/c1-17-7-8-18(16-34)15-23(17)33(20-5-3-2-4-6-20)26-31-22-13-14-35-25(22)24(32-26)19-9-11-21(12-10-19)36-27(28,29)30/h2-15,34H,16H2,1H3. The maximum absolute atomic E-state index is 12.6. The van der Waals surface area contributed by atoms with Crippen LogP contribution < -0.4 is 9.64 Å². The van der Waals surface area contributed by atoms with Gasteiger partial charge in [0.1, 0.15) is 17.0 Å². The minimum atomic E-state index is -4.78. The third-order valence-corrected chi connectivity index (χ3v) is 5.56. The first kappa shape index (κ1) is 23.4. The minimum absolute atomic E-state index is 0.130. The maximum atomic E-state index is 12.6. The van der Waals surface area contributed by atoms with Crippen LogP contribution in [0.5, 0.6) is 5.75 Å². The second-order valence-corrected chi connectivity index (χ2v) is 8.03. The van der Waals surface area contributed by atoms with E-state index in [4.69, 9.17) is 14.4 Å². The number of aryl methyl sites for hydroxylation is 1. The van der Waals surface area contributed by atoms with Crippen LogP contribution in [0.25, 0.3) is 22.4 Å². The third kappa shape index (κ3) is 4.73. The van der Waals surface area contributed by atoms with Gasteiger partial charge in [0, 0.05) is 17.3 Å². The minimum Gasteiger partial charge on any atom is -0.460 e. The van der Waals surface area contributed by atoms with Crippen LogP contribution in [0, 0.1) is 6.92 Å². The summed E-state index contributed by atoms with van der Waals surface area (Å²) < 4.78 is 47.4. The first-order chi connectivity index (χ1) is 17.3. The molecular weight excluding hydrogens is 471 g/mol. The van der Waals surface area contributed by atoms with E-state index < -0.39 is 6.36 Å². The van der Waals surface area contributed by atoms with Gasteiger partial charge in [0.25, 0.3) is 0 Å². The largest absolute Gasteiger partial charge is 0.573 e. The van der Waals surface area contributed by atoms with Gasteiger partial charge in [-0.3, -0.25) is 4.90 Å². The lowest BCUT2D eigenvalue weighted by Gasteiger charge is -2.25. The van der Waals surface area contributed by atoms with Crippen LogP contribution in [0.4, 0.5) is 30.5 Å². The number of furan rings is 1. The predicted molar refractivity (Wildman–Crippen MR) is 129 cm³/mol. The number of para-hydroxylation sites is 1. The summed E-state index contributed by atoms with van der Waals surface area (Å²) in [5.41, 5.74) is 5.09. The number of hydrogen-bond donors (Lipinski definition) is 1. The fraction of sp³-hybridized carbons (Fsp3) is 0.111. The molecule has 0 unspecified atom stereocenters. The van der Waals surface area contributed by atoms with Crippen molar-refractivity contribution in [3.05, 3.63) is 96.3 Å². The molecule has 0 fully saturated rings. The number of fused-ring (bicyclic) bond motifs is 1. The average Bonchev–Trinajstić information content (AvgIpc) is 3.34. The number of ether oxygens (including phenoxy) is 1. The quantitative estimate of drug-likeness (QED) is 0.274. The Kier molecular flexibility index (Phi) is 6.07. The monoisotopic (exact) mass is 491 g/mol. The van der Waals surface area contributed by atoms with E-state index in [2.05, 4.69) is 4.74 Å². The topological polar surface area (TPSA) is 71.6 Å². The van der Waals surface area contributed by atoms with Crippen molar-refractivity contribution in [2.24, 2.45) is 0 Å². The van der Waals surface area contributed by atoms with Crippen molar-refractivity contribution in [3.63, 3.8) is 0 Å². The van der Waals surface area contributed by atoms with Crippen LogP contribution in [0.1, 0.15) is 11.1 Å². The molecule has 36 heavy (non-hydrogen) atoms. The van der Waals surface area contributed by atoms with Crippen LogP contribution in [0.3, 0.4) is 0 Å². The van der Waals surface area contributed by atoms with Gasteiger partial charge in [-0.15, -0.1) is 13.2 Å². The van der Waals surface area contributed by atoms with Gasteiger partial charge < -0.3 is 14.3 Å². The highest BCUT2D eigenvalue weighted by Gasteiger charge is 2.31. The number of alkyl halides is 3. The second kappa shape index (κ2) is 9.35. The number of rotatable bonds is 6. The number of hydrogen-bond acceptors (Lipinski definition) is 6. The van der Waals surface area contributed by atoms with E-state index in [1.165, 1.54) is 30.5 Å². The zero-order chi connectivity index (χ0) is 25.3. The molecule has 0 radical (unpaired) electrons. The van der Waals surface area contributed by atoms with Crippen LogP contribution in [-0.4, -0.2) is 21.4 Å². The van der Waals surface area contributed by atoms with Gasteiger partial charge in [-0.2, -0.15) is 0 Å². The third-order valence-electron chi connectivity index (χ3n) is 5.56. The molecule has 182 valence electrons. The summed E-state index contributed by atoms with van der Waals surface area (Å²) in [7, 11) is 0. The molecule has 6 nitrogen and oxygen atoms in total. The SMILES string of the molecule is Cc1ccc(CO)cc1N(c1ccccc1)c1nc(-c2ccc(OC(F)(F)F)cc2)c2occc2n1. The van der Waals surface area contributed by atoms with E-state index in [1.807, 2.05) is 60.4 Å². The number of nitrogens with zero attached hydrogens (tertiary/aromatic N) is 3. The van der Waals surface area contributed by atoms with E-state index in [-0.39, 0.29) is 12.4 Å². The Balaban J connectivity index is 1.68. The highest BCUT2D eigenvalue weighted by molar-refractivity contribution is 5.90. The summed E-state index contributed by atoms with van der Waals surface area (Å²) in [4.78, 5) is 11.4. The summed E-state index contributed by atoms with van der Waals surface area (Å²) in [5, 5.41) is 9.73. The lowest BCUT2D eigenvalue weighted by molar-refractivity contribution is -0.274. The van der Waals surface area contributed by atoms with Crippen molar-refractivity contribution in [2.45, 2.75) is 19.9 Å². The van der Waals surface area contributed by atoms with Crippen molar-refractivity contribution in [1.82, 2.24) is 9.97 Å². The molecule has 5 rings (SSSR count). The van der Waals surface area contributed by atoms with E-state index in [1.54, 1.807) is 6.07 Å². The highest BCUT2D eigenvalue weighted by Crippen LogP contribution is 2.38. The van der Waals surface area contributed by atoms with Crippen LogP contribution >= 0.6 is 0 Å². The van der Waals surface area contributed by atoms with Gasteiger partial charge in [-0.05, 0) is 60.5 Å². The molecule has 3 aromatic carbocycles. The van der Waals surface area contributed by atoms with Gasteiger partial charge in [-0.1, -0.05) is 30.3 Å². The van der Waals surface area contributed by atoms with Crippen molar-refractivity contribution < 1.29 is 27.4 Å². The molecule has 0 atom stereocenters. The smallest absolute Gasteiger partial charge is 0.460 e. The van der Waals surface area contributed by atoms with E-state index in [0.29, 0.717) is 28.3 Å². The summed E-state index contributed by atoms with van der Waals surface area (Å²) in [6.07, 6.45) is -3.30. The fourth-order valence-corrected chi connectivity index (χ4v) is 3.89. The Labute approximate surface area is 204 Å². The molecule has 2 heterocycles. The molecule has 0 saturated heterocycles. The van der Waals surface area contributed by atoms with Crippen molar-refractivity contribution in [2.75, 3.05) is 4.90 Å².